The number of ether oxygens (including phenoxy) is 3. The number of methoxy groups -OCH3 is 1. The summed E-state index contributed by atoms with van der Waals surface area (Å²) >= 11 is 0. The highest BCUT2D eigenvalue weighted by Crippen LogP contribution is 2.47. The number of rotatable bonds is 11. The molecule has 1 saturated carbocycles. The van der Waals surface area contributed by atoms with Crippen LogP contribution in [0.2, 0.25) is 0 Å². The fourth-order valence-corrected chi connectivity index (χ4v) is 4.99. The van der Waals surface area contributed by atoms with Crippen LogP contribution >= 0.6 is 0 Å². The first kappa shape index (κ1) is 29.7. The van der Waals surface area contributed by atoms with Gasteiger partial charge in [0, 0.05) is 40.8 Å². The quantitative estimate of drug-likeness (QED) is 0.180. The first-order valence-electron chi connectivity index (χ1n) is 14.5. The van der Waals surface area contributed by atoms with E-state index < -0.39 is 28.9 Å². The lowest BCUT2D eigenvalue weighted by atomic mass is 10.0. The van der Waals surface area contributed by atoms with E-state index in [4.69, 9.17) is 14.2 Å². The lowest BCUT2D eigenvalue weighted by Gasteiger charge is -2.16. The maximum atomic E-state index is 15.2. The molecule has 2 heterocycles. The second kappa shape index (κ2) is 12.4. The molecule has 0 unspecified atom stereocenters. The molecule has 0 saturated heterocycles. The summed E-state index contributed by atoms with van der Waals surface area (Å²) in [7, 11) is 1.53. The van der Waals surface area contributed by atoms with Crippen molar-refractivity contribution in [2.24, 2.45) is 10.4 Å². The van der Waals surface area contributed by atoms with Crippen LogP contribution in [0.25, 0.3) is 10.9 Å². The van der Waals surface area contributed by atoms with E-state index in [1.165, 1.54) is 43.5 Å². The number of fused-ring (bicyclic) bond motifs is 1. The van der Waals surface area contributed by atoms with Crippen molar-refractivity contribution < 1.29 is 32.6 Å². The van der Waals surface area contributed by atoms with Crippen molar-refractivity contribution in [2.75, 3.05) is 30.9 Å². The minimum absolute atomic E-state index is 0.0742. The van der Waals surface area contributed by atoms with Gasteiger partial charge in [-0.05, 0) is 79.4 Å². The zero-order valence-corrected chi connectivity index (χ0v) is 24.7. The third-order valence-corrected chi connectivity index (χ3v) is 7.75. The molecule has 2 N–H and O–H groups in total. The number of nitrogens with one attached hydrogen (secondary N) is 2. The normalized spacial score (nSPS) is 14.8. The fraction of sp³-hybridized carbons (Fsp3) is 0.235. The number of hydrogen-bond donors (Lipinski definition) is 2. The van der Waals surface area contributed by atoms with Gasteiger partial charge in [0.05, 0.1) is 19.2 Å². The topological polar surface area (TPSA) is 111 Å². The Labute approximate surface area is 257 Å². The number of carbonyl (C=O) groups is 2. The van der Waals surface area contributed by atoms with Crippen LogP contribution in [0.5, 0.6) is 23.0 Å². The zero-order chi connectivity index (χ0) is 31.6. The van der Waals surface area contributed by atoms with E-state index in [1.807, 2.05) is 6.08 Å². The monoisotopic (exact) mass is 612 g/mol. The number of halogens is 2. The largest absolute Gasteiger partial charge is 0.493 e. The lowest BCUT2D eigenvalue weighted by molar-refractivity contribution is -0.131. The molecule has 0 atom stereocenters. The van der Waals surface area contributed by atoms with Crippen molar-refractivity contribution in [1.29, 1.82) is 0 Å². The summed E-state index contributed by atoms with van der Waals surface area (Å²) in [6.07, 6.45) is 5.14. The Morgan fingerprint density at radius 3 is 2.29 bits per heavy atom. The van der Waals surface area contributed by atoms with Crippen molar-refractivity contribution in [2.45, 2.75) is 26.2 Å². The maximum Gasteiger partial charge on any atom is 0.240 e. The van der Waals surface area contributed by atoms with Gasteiger partial charge in [-0.3, -0.25) is 19.6 Å². The van der Waals surface area contributed by atoms with Gasteiger partial charge in [-0.2, -0.15) is 0 Å². The highest BCUT2D eigenvalue weighted by Gasteiger charge is 2.56. The van der Waals surface area contributed by atoms with Gasteiger partial charge in [0.2, 0.25) is 11.8 Å². The minimum atomic E-state index is -1.28. The fourth-order valence-electron chi connectivity index (χ4n) is 4.99. The van der Waals surface area contributed by atoms with E-state index in [0.29, 0.717) is 59.8 Å². The van der Waals surface area contributed by atoms with E-state index in [1.54, 1.807) is 24.4 Å². The molecule has 4 aromatic rings. The van der Waals surface area contributed by atoms with Gasteiger partial charge in [-0.25, -0.2) is 8.78 Å². The number of pyridine rings is 1. The second-order valence-corrected chi connectivity index (χ2v) is 10.8. The molecule has 2 amide bonds. The Morgan fingerprint density at radius 2 is 1.62 bits per heavy atom. The maximum absolute atomic E-state index is 15.2. The average Bonchev–Trinajstić information content (AvgIpc) is 3.74. The summed E-state index contributed by atoms with van der Waals surface area (Å²) in [6.45, 7) is 3.02. The minimum Gasteiger partial charge on any atom is -0.493 e. The molecule has 9 nitrogen and oxygen atoms in total. The molecular weight excluding hydrogens is 582 g/mol. The standard InChI is InChI=1S/C34H30F2N4O5/c1-3-22-14-20(18-38-22)19-44-31-17-27-25(16-30(31)43-2)28(10-13-37-27)45-29-9-8-24(15-26(29)36)40-33(42)34(11-12-34)32(41)39-23-6-4-21(35)5-7-23/h4-10,13-17H,3,11-12,18-19H2,1-2H3,(H,39,41)(H,40,42). The van der Waals surface area contributed by atoms with Crippen molar-refractivity contribution in [3.63, 3.8) is 0 Å². The smallest absolute Gasteiger partial charge is 0.240 e. The molecule has 0 spiro atoms. The van der Waals surface area contributed by atoms with Crippen LogP contribution in [-0.2, 0) is 9.59 Å². The lowest BCUT2D eigenvalue weighted by Crippen LogP contribution is -2.35. The summed E-state index contributed by atoms with van der Waals surface area (Å²) in [5.74, 6) is -0.975. The van der Waals surface area contributed by atoms with Crippen LogP contribution < -0.4 is 24.8 Å². The summed E-state index contributed by atoms with van der Waals surface area (Å²) in [5, 5.41) is 5.86. The average molecular weight is 613 g/mol. The van der Waals surface area contributed by atoms with Crippen molar-refractivity contribution in [3.05, 3.63) is 90.1 Å². The molecule has 1 aromatic heterocycles. The Morgan fingerprint density at radius 1 is 0.889 bits per heavy atom. The molecular formula is C34H30F2N4O5. The van der Waals surface area contributed by atoms with Gasteiger partial charge >= 0.3 is 0 Å². The molecule has 1 fully saturated rings. The van der Waals surface area contributed by atoms with Crippen molar-refractivity contribution in [3.8, 4) is 23.0 Å². The van der Waals surface area contributed by atoms with Crippen LogP contribution in [0.15, 0.2) is 83.5 Å². The molecule has 45 heavy (non-hydrogen) atoms. The van der Waals surface area contributed by atoms with Crippen LogP contribution in [0.1, 0.15) is 26.2 Å². The van der Waals surface area contributed by atoms with E-state index in [0.717, 1.165) is 23.8 Å². The SMILES string of the molecule is CCC1=NCC(COc2cc3nccc(Oc4ccc(NC(=O)C5(C(=O)Nc6ccc(F)cc6)CC5)cc4F)c3cc2OC)=C1. The van der Waals surface area contributed by atoms with Crippen molar-refractivity contribution in [1.82, 2.24) is 4.98 Å². The molecule has 230 valence electrons. The first-order valence-corrected chi connectivity index (χ1v) is 14.5. The van der Waals surface area contributed by atoms with Gasteiger partial charge in [0.15, 0.2) is 23.1 Å². The molecule has 3 aromatic carbocycles. The number of anilines is 2. The number of allylic oxidation sites excluding steroid dienone is 1. The number of nitrogens with zero attached hydrogens (tertiary/aromatic N) is 2. The van der Waals surface area contributed by atoms with Crippen molar-refractivity contribution >= 4 is 39.8 Å². The third kappa shape index (κ3) is 6.33. The van der Waals surface area contributed by atoms with E-state index in [2.05, 4.69) is 27.5 Å². The number of aromatic nitrogens is 1. The first-order chi connectivity index (χ1) is 21.8. The molecule has 11 heteroatoms. The van der Waals surface area contributed by atoms with Crippen LogP contribution in [-0.4, -0.2) is 42.8 Å². The highest BCUT2D eigenvalue weighted by molar-refractivity contribution is 6.16. The Balaban J connectivity index is 1.14. The van der Waals surface area contributed by atoms with Crippen LogP contribution in [0.4, 0.5) is 20.2 Å². The summed E-state index contributed by atoms with van der Waals surface area (Å²) in [4.78, 5) is 34.8. The highest BCUT2D eigenvalue weighted by atomic mass is 19.1. The molecule has 2 aliphatic rings. The molecule has 1 aliphatic carbocycles. The Kier molecular flexibility index (Phi) is 8.16. The molecule has 0 bridgehead atoms. The Hall–Kier alpha value is -5.32. The summed E-state index contributed by atoms with van der Waals surface area (Å²) < 4.78 is 46.0. The van der Waals surface area contributed by atoms with Gasteiger partial charge < -0.3 is 24.8 Å². The molecule has 1 aliphatic heterocycles. The van der Waals surface area contributed by atoms with Crippen LogP contribution in [0, 0.1) is 17.0 Å². The van der Waals surface area contributed by atoms with E-state index in [9.17, 15) is 14.0 Å². The molecule has 0 radical (unpaired) electrons. The second-order valence-electron chi connectivity index (χ2n) is 10.8. The zero-order valence-electron chi connectivity index (χ0n) is 24.7. The number of aliphatic imine (C=N–C) groups is 1. The van der Waals surface area contributed by atoms with Gasteiger partial charge in [-0.1, -0.05) is 6.92 Å². The Bertz CT molecular complexity index is 1850. The number of amides is 2. The number of benzene rings is 3. The van der Waals surface area contributed by atoms with Gasteiger partial charge in [0.25, 0.3) is 0 Å². The predicted octanol–water partition coefficient (Wildman–Crippen LogP) is 6.84. The summed E-state index contributed by atoms with van der Waals surface area (Å²) in [6, 6.07) is 14.4. The molecule has 6 rings (SSSR count). The van der Waals surface area contributed by atoms with Crippen LogP contribution in [0.3, 0.4) is 0 Å². The number of hydrogen-bond acceptors (Lipinski definition) is 7. The predicted molar refractivity (Wildman–Crippen MR) is 166 cm³/mol. The van der Waals surface area contributed by atoms with E-state index in [-0.39, 0.29) is 11.4 Å². The van der Waals surface area contributed by atoms with Gasteiger partial charge in [0.1, 0.15) is 23.6 Å². The number of carbonyl (C=O) groups excluding carboxylic acids is 2. The van der Waals surface area contributed by atoms with Gasteiger partial charge in [-0.15, -0.1) is 0 Å². The van der Waals surface area contributed by atoms with E-state index >= 15 is 4.39 Å². The third-order valence-electron chi connectivity index (χ3n) is 7.75. The summed E-state index contributed by atoms with van der Waals surface area (Å²) in [5.41, 5.74) is 1.94.